The highest BCUT2D eigenvalue weighted by Crippen LogP contribution is 2.22. The summed E-state index contributed by atoms with van der Waals surface area (Å²) in [6.07, 6.45) is 3.14. The molecular weight excluding hydrogens is 412 g/mol. The third kappa shape index (κ3) is 6.33. The third-order valence-corrected chi connectivity index (χ3v) is 4.94. The zero-order valence-corrected chi connectivity index (χ0v) is 18.5. The summed E-state index contributed by atoms with van der Waals surface area (Å²) in [7, 11) is 0. The molecule has 2 amide bonds. The minimum absolute atomic E-state index is 0.0135. The van der Waals surface area contributed by atoms with Gasteiger partial charge in [-0.1, -0.05) is 56.6 Å². The molecule has 3 aromatic rings. The van der Waals surface area contributed by atoms with Crippen molar-refractivity contribution in [3.05, 3.63) is 100 Å². The number of amides is 2. The summed E-state index contributed by atoms with van der Waals surface area (Å²) in [5, 5.41) is 6.08. The molecule has 0 atom stereocenters. The molecule has 0 bridgehead atoms. The van der Waals surface area contributed by atoms with Crippen LogP contribution >= 0.6 is 11.6 Å². The Bertz CT molecular complexity index is 1060. The van der Waals surface area contributed by atoms with Crippen molar-refractivity contribution >= 4 is 29.5 Å². The average Bonchev–Trinajstić information content (AvgIpc) is 3.26. The van der Waals surface area contributed by atoms with Gasteiger partial charge in [0.1, 0.15) is 11.5 Å². The van der Waals surface area contributed by atoms with E-state index in [1.807, 2.05) is 12.1 Å². The maximum absolute atomic E-state index is 12.8. The zero-order chi connectivity index (χ0) is 22.4. The molecule has 2 aromatic carbocycles. The lowest BCUT2D eigenvalue weighted by molar-refractivity contribution is -0.118. The first-order valence-electron chi connectivity index (χ1n) is 9.92. The maximum atomic E-state index is 12.8. The predicted molar refractivity (Wildman–Crippen MR) is 123 cm³/mol. The molecule has 3 rings (SSSR count). The van der Waals surface area contributed by atoms with Crippen LogP contribution in [0.2, 0.25) is 5.02 Å². The summed E-state index contributed by atoms with van der Waals surface area (Å²) in [6, 6.07) is 17.9. The van der Waals surface area contributed by atoms with Crippen LogP contribution in [0.25, 0.3) is 6.08 Å². The van der Waals surface area contributed by atoms with E-state index < -0.39 is 5.91 Å². The van der Waals surface area contributed by atoms with Crippen LogP contribution < -0.4 is 10.6 Å². The van der Waals surface area contributed by atoms with Gasteiger partial charge in [0.05, 0.1) is 12.8 Å². The Morgan fingerprint density at radius 2 is 1.68 bits per heavy atom. The van der Waals surface area contributed by atoms with Crippen LogP contribution in [0.5, 0.6) is 0 Å². The fourth-order valence-electron chi connectivity index (χ4n) is 2.88. The first-order chi connectivity index (χ1) is 14.7. The van der Waals surface area contributed by atoms with Crippen molar-refractivity contribution in [1.29, 1.82) is 0 Å². The van der Waals surface area contributed by atoms with Crippen LogP contribution in [0.3, 0.4) is 0 Å². The summed E-state index contributed by atoms with van der Waals surface area (Å²) < 4.78 is 5.25. The number of halogens is 1. The quantitative estimate of drug-likeness (QED) is 0.514. The summed E-state index contributed by atoms with van der Waals surface area (Å²) in [4.78, 5) is 25.6. The molecule has 31 heavy (non-hydrogen) atoms. The molecule has 0 aliphatic heterocycles. The molecule has 2 N–H and O–H groups in total. The van der Waals surface area contributed by atoms with E-state index >= 15 is 0 Å². The van der Waals surface area contributed by atoms with Gasteiger partial charge < -0.3 is 15.1 Å². The Hall–Kier alpha value is -3.31. The van der Waals surface area contributed by atoms with Crippen molar-refractivity contribution < 1.29 is 14.0 Å². The molecule has 5 nitrogen and oxygen atoms in total. The minimum Gasteiger partial charge on any atom is -0.467 e. The van der Waals surface area contributed by atoms with Gasteiger partial charge in [0.15, 0.2) is 0 Å². The van der Waals surface area contributed by atoms with E-state index in [9.17, 15) is 9.59 Å². The zero-order valence-electron chi connectivity index (χ0n) is 17.7. The van der Waals surface area contributed by atoms with Gasteiger partial charge >= 0.3 is 0 Å². The van der Waals surface area contributed by atoms with Gasteiger partial charge in [-0.15, -0.1) is 0 Å². The molecule has 0 radical (unpaired) electrons. The Morgan fingerprint density at radius 3 is 2.26 bits per heavy atom. The van der Waals surface area contributed by atoms with Crippen molar-refractivity contribution in [3.8, 4) is 0 Å². The first-order valence-corrected chi connectivity index (χ1v) is 10.3. The summed E-state index contributed by atoms with van der Waals surface area (Å²) in [5.74, 6) is -0.178. The number of furan rings is 1. The van der Waals surface area contributed by atoms with Gasteiger partial charge in [-0.25, -0.2) is 0 Å². The molecule has 0 saturated heterocycles. The number of hydrogen-bond acceptors (Lipinski definition) is 3. The number of carbonyl (C=O) groups excluding carboxylic acids is 2. The largest absolute Gasteiger partial charge is 0.467 e. The second-order valence-electron chi connectivity index (χ2n) is 8.15. The van der Waals surface area contributed by atoms with Gasteiger partial charge in [0.2, 0.25) is 0 Å². The molecule has 0 fully saturated rings. The third-order valence-electron chi connectivity index (χ3n) is 4.69. The van der Waals surface area contributed by atoms with E-state index in [0.717, 1.165) is 11.1 Å². The minimum atomic E-state index is -0.425. The van der Waals surface area contributed by atoms with Crippen LogP contribution in [0, 0.1) is 0 Å². The van der Waals surface area contributed by atoms with Crippen molar-refractivity contribution in [2.75, 3.05) is 0 Å². The molecule has 160 valence electrons. The molecule has 1 aromatic heterocycles. The Kier molecular flexibility index (Phi) is 6.98. The molecule has 0 spiro atoms. The van der Waals surface area contributed by atoms with Crippen molar-refractivity contribution in [1.82, 2.24) is 10.6 Å². The average molecular weight is 437 g/mol. The number of hydrogen-bond donors (Lipinski definition) is 2. The summed E-state index contributed by atoms with van der Waals surface area (Å²) in [6.45, 7) is 6.54. The normalized spacial score (nSPS) is 11.8. The van der Waals surface area contributed by atoms with Crippen molar-refractivity contribution in [3.63, 3.8) is 0 Å². The van der Waals surface area contributed by atoms with E-state index in [1.165, 1.54) is 6.26 Å². The van der Waals surface area contributed by atoms with E-state index in [1.54, 1.807) is 54.6 Å². The van der Waals surface area contributed by atoms with E-state index in [4.69, 9.17) is 16.0 Å². The van der Waals surface area contributed by atoms with Crippen LogP contribution in [0.4, 0.5) is 0 Å². The fraction of sp³-hybridized carbons (Fsp3) is 0.200. The second kappa shape index (κ2) is 9.67. The molecule has 0 unspecified atom stereocenters. The van der Waals surface area contributed by atoms with Crippen molar-refractivity contribution in [2.45, 2.75) is 32.7 Å². The molecule has 0 aliphatic carbocycles. The van der Waals surface area contributed by atoms with E-state index in [-0.39, 0.29) is 23.6 Å². The Labute approximate surface area is 187 Å². The Balaban J connectivity index is 1.80. The van der Waals surface area contributed by atoms with Crippen molar-refractivity contribution in [2.24, 2.45) is 0 Å². The van der Waals surface area contributed by atoms with Crippen LogP contribution in [0.1, 0.15) is 48.0 Å². The monoisotopic (exact) mass is 436 g/mol. The molecule has 1 heterocycles. The van der Waals surface area contributed by atoms with Crippen LogP contribution in [0.15, 0.2) is 77.0 Å². The van der Waals surface area contributed by atoms with Gasteiger partial charge in [-0.05, 0) is 59.0 Å². The highest BCUT2D eigenvalue weighted by molar-refractivity contribution is 6.30. The smallest absolute Gasteiger partial charge is 0.268 e. The molecule has 6 heteroatoms. The lowest BCUT2D eigenvalue weighted by Gasteiger charge is -2.19. The number of carbonyl (C=O) groups is 2. The first kappa shape index (κ1) is 22.4. The maximum Gasteiger partial charge on any atom is 0.268 e. The Morgan fingerprint density at radius 1 is 1.00 bits per heavy atom. The SMILES string of the molecule is CC(C)(C)c1ccc(C(=O)NC(=Cc2ccc(Cl)cc2)C(=O)NCc2ccco2)cc1. The molecule has 0 saturated carbocycles. The lowest BCUT2D eigenvalue weighted by Crippen LogP contribution is -2.34. The second-order valence-corrected chi connectivity index (χ2v) is 8.59. The predicted octanol–water partition coefficient (Wildman–Crippen LogP) is 5.32. The molecular formula is C25H25ClN2O3. The van der Waals surface area contributed by atoms with Gasteiger partial charge in [-0.3, -0.25) is 9.59 Å². The fourth-order valence-corrected chi connectivity index (χ4v) is 3.00. The van der Waals surface area contributed by atoms with Crippen LogP contribution in [-0.2, 0) is 16.8 Å². The molecule has 0 aliphatic rings. The van der Waals surface area contributed by atoms with E-state index in [0.29, 0.717) is 16.3 Å². The number of benzene rings is 2. The van der Waals surface area contributed by atoms with E-state index in [2.05, 4.69) is 31.4 Å². The standard InChI is InChI=1S/C25H25ClN2O3/c1-25(2,3)19-10-8-18(9-11-19)23(29)28-22(15-17-6-12-20(26)13-7-17)24(30)27-16-21-5-4-14-31-21/h4-15H,16H2,1-3H3,(H,27,30)(H,28,29). The van der Waals surface area contributed by atoms with Gasteiger partial charge in [0.25, 0.3) is 11.8 Å². The summed E-state index contributed by atoms with van der Waals surface area (Å²) >= 11 is 5.95. The highest BCUT2D eigenvalue weighted by Gasteiger charge is 2.17. The van der Waals surface area contributed by atoms with Crippen LogP contribution in [-0.4, -0.2) is 11.8 Å². The lowest BCUT2D eigenvalue weighted by atomic mass is 9.87. The van der Waals surface area contributed by atoms with Gasteiger partial charge in [0, 0.05) is 10.6 Å². The highest BCUT2D eigenvalue weighted by atomic mass is 35.5. The number of nitrogens with one attached hydrogen (secondary N) is 2. The topological polar surface area (TPSA) is 71.3 Å². The number of rotatable bonds is 6. The summed E-state index contributed by atoms with van der Waals surface area (Å²) in [5.41, 5.74) is 2.43. The van der Waals surface area contributed by atoms with Gasteiger partial charge in [-0.2, -0.15) is 0 Å².